The van der Waals surface area contributed by atoms with Crippen LogP contribution in [0, 0.1) is 5.82 Å². The van der Waals surface area contributed by atoms with Crippen molar-refractivity contribution in [2.75, 3.05) is 13.2 Å². The topological polar surface area (TPSA) is 58.6 Å². The van der Waals surface area contributed by atoms with Crippen LogP contribution in [0.3, 0.4) is 0 Å². The molecule has 0 saturated carbocycles. The van der Waals surface area contributed by atoms with Crippen molar-refractivity contribution in [3.05, 3.63) is 66.0 Å². The van der Waals surface area contributed by atoms with Crippen LogP contribution in [-0.4, -0.2) is 30.0 Å². The molecule has 6 heteroatoms. The number of urea groups is 1. The normalized spacial score (nSPS) is 20.2. The van der Waals surface area contributed by atoms with E-state index in [1.54, 1.807) is 18.2 Å². The molecule has 1 fully saturated rings. The Morgan fingerprint density at radius 1 is 1.08 bits per heavy atom. The van der Waals surface area contributed by atoms with Gasteiger partial charge in [0.1, 0.15) is 23.7 Å². The summed E-state index contributed by atoms with van der Waals surface area (Å²) < 4.78 is 19.6. The van der Waals surface area contributed by atoms with Crippen LogP contribution in [0.4, 0.5) is 9.18 Å². The fraction of sp³-hybridized carbons (Fsp3) is 0.222. The molecule has 0 bridgehead atoms. The molecule has 0 spiro atoms. The van der Waals surface area contributed by atoms with Gasteiger partial charge in [0.15, 0.2) is 0 Å². The third kappa shape index (κ3) is 2.82. The van der Waals surface area contributed by atoms with E-state index >= 15 is 0 Å². The van der Waals surface area contributed by atoms with Crippen LogP contribution >= 0.6 is 0 Å². The molecule has 24 heavy (non-hydrogen) atoms. The zero-order chi connectivity index (χ0) is 17.2. The maximum Gasteiger partial charge on any atom is 0.325 e. The van der Waals surface area contributed by atoms with Gasteiger partial charge in [-0.05, 0) is 25.1 Å². The SMILES string of the molecule is C[C@@]1(c2ccccc2F)NC(=O)N(CCOc2ccccc2)C1=O. The summed E-state index contributed by atoms with van der Waals surface area (Å²) in [6.45, 7) is 1.75. The molecular weight excluding hydrogens is 311 g/mol. The average molecular weight is 328 g/mol. The Hall–Kier alpha value is -2.89. The first-order chi connectivity index (χ1) is 11.5. The van der Waals surface area contributed by atoms with Crippen molar-refractivity contribution in [2.45, 2.75) is 12.5 Å². The predicted molar refractivity (Wildman–Crippen MR) is 85.9 cm³/mol. The van der Waals surface area contributed by atoms with Crippen LogP contribution in [0.25, 0.3) is 0 Å². The molecule has 0 unspecified atom stereocenters. The molecule has 5 nitrogen and oxygen atoms in total. The fourth-order valence-corrected chi connectivity index (χ4v) is 2.72. The number of carbonyl (C=O) groups is 2. The molecule has 2 aromatic rings. The number of benzene rings is 2. The smallest absolute Gasteiger partial charge is 0.325 e. The third-order valence-electron chi connectivity index (χ3n) is 4.01. The fourth-order valence-electron chi connectivity index (χ4n) is 2.72. The minimum atomic E-state index is -1.41. The Labute approximate surface area is 139 Å². The van der Waals surface area contributed by atoms with Gasteiger partial charge in [0.05, 0.1) is 6.54 Å². The molecule has 1 atom stereocenters. The van der Waals surface area contributed by atoms with E-state index < -0.39 is 23.3 Å². The molecule has 1 aliphatic heterocycles. The minimum Gasteiger partial charge on any atom is -0.492 e. The van der Waals surface area contributed by atoms with Crippen LogP contribution in [0.15, 0.2) is 54.6 Å². The largest absolute Gasteiger partial charge is 0.492 e. The van der Waals surface area contributed by atoms with E-state index in [1.807, 2.05) is 18.2 Å². The molecule has 1 heterocycles. The lowest BCUT2D eigenvalue weighted by Gasteiger charge is -2.22. The number of rotatable bonds is 5. The van der Waals surface area contributed by atoms with Crippen molar-refractivity contribution in [2.24, 2.45) is 0 Å². The van der Waals surface area contributed by atoms with Crippen molar-refractivity contribution in [3.8, 4) is 5.75 Å². The first kappa shape index (κ1) is 16.0. The van der Waals surface area contributed by atoms with Crippen LogP contribution in [0.1, 0.15) is 12.5 Å². The van der Waals surface area contributed by atoms with Gasteiger partial charge in [0.2, 0.25) is 0 Å². The molecule has 2 aromatic carbocycles. The van der Waals surface area contributed by atoms with Crippen LogP contribution in [0.2, 0.25) is 0 Å². The maximum absolute atomic E-state index is 14.0. The summed E-state index contributed by atoms with van der Waals surface area (Å²) in [5.41, 5.74) is -1.26. The first-order valence-electron chi connectivity index (χ1n) is 7.59. The van der Waals surface area contributed by atoms with Gasteiger partial charge in [-0.3, -0.25) is 9.69 Å². The van der Waals surface area contributed by atoms with Gasteiger partial charge in [-0.2, -0.15) is 0 Å². The zero-order valence-electron chi connectivity index (χ0n) is 13.2. The quantitative estimate of drug-likeness (QED) is 0.859. The summed E-state index contributed by atoms with van der Waals surface area (Å²) >= 11 is 0. The maximum atomic E-state index is 14.0. The van der Waals surface area contributed by atoms with E-state index in [0.717, 1.165) is 4.90 Å². The molecule has 3 amide bonds. The highest BCUT2D eigenvalue weighted by atomic mass is 19.1. The second kappa shape index (κ2) is 6.31. The number of carbonyl (C=O) groups excluding carboxylic acids is 2. The minimum absolute atomic E-state index is 0.0869. The molecule has 0 aliphatic carbocycles. The first-order valence-corrected chi connectivity index (χ1v) is 7.59. The molecule has 0 radical (unpaired) electrons. The molecule has 1 saturated heterocycles. The highest BCUT2D eigenvalue weighted by Gasteiger charge is 2.49. The standard InChI is InChI=1S/C18H17FN2O3/c1-18(14-9-5-6-10-15(14)19)16(22)21(17(23)20-18)11-12-24-13-7-3-2-4-8-13/h2-10H,11-12H2,1H3,(H,20,23)/t18-/m0/s1. The van der Waals surface area contributed by atoms with E-state index in [4.69, 9.17) is 4.74 Å². The van der Waals surface area contributed by atoms with Crippen LogP contribution in [-0.2, 0) is 10.3 Å². The van der Waals surface area contributed by atoms with Gasteiger partial charge in [-0.25, -0.2) is 9.18 Å². The van der Waals surface area contributed by atoms with Crippen molar-refractivity contribution < 1.29 is 18.7 Å². The highest BCUT2D eigenvalue weighted by molar-refractivity contribution is 6.07. The molecule has 1 aliphatic rings. The number of amides is 3. The predicted octanol–water partition coefficient (Wildman–Crippen LogP) is 2.67. The van der Waals surface area contributed by atoms with Crippen molar-refractivity contribution in [3.63, 3.8) is 0 Å². The average Bonchev–Trinajstić information content (AvgIpc) is 2.80. The van der Waals surface area contributed by atoms with E-state index in [1.165, 1.54) is 25.1 Å². The lowest BCUT2D eigenvalue weighted by molar-refractivity contribution is -0.131. The summed E-state index contributed by atoms with van der Waals surface area (Å²) in [4.78, 5) is 25.8. The monoisotopic (exact) mass is 328 g/mol. The Kier molecular flexibility index (Phi) is 4.20. The molecule has 1 N–H and O–H groups in total. The number of imide groups is 1. The van der Waals surface area contributed by atoms with E-state index in [9.17, 15) is 14.0 Å². The van der Waals surface area contributed by atoms with Gasteiger partial charge in [-0.15, -0.1) is 0 Å². The molecule has 3 rings (SSSR count). The van der Waals surface area contributed by atoms with Crippen molar-refractivity contribution >= 4 is 11.9 Å². The van der Waals surface area contributed by atoms with Crippen molar-refractivity contribution in [1.29, 1.82) is 0 Å². The van der Waals surface area contributed by atoms with Gasteiger partial charge in [-0.1, -0.05) is 36.4 Å². The summed E-state index contributed by atoms with van der Waals surface area (Å²) in [6, 6.07) is 14.5. The number of para-hydroxylation sites is 1. The summed E-state index contributed by atoms with van der Waals surface area (Å²) in [5, 5.41) is 2.58. The van der Waals surface area contributed by atoms with Crippen LogP contribution in [0.5, 0.6) is 5.75 Å². The second-order valence-electron chi connectivity index (χ2n) is 5.65. The van der Waals surface area contributed by atoms with E-state index in [0.29, 0.717) is 5.75 Å². The third-order valence-corrected chi connectivity index (χ3v) is 4.01. The molecular formula is C18H17FN2O3. The Morgan fingerprint density at radius 2 is 1.75 bits per heavy atom. The van der Waals surface area contributed by atoms with Gasteiger partial charge < -0.3 is 10.1 Å². The van der Waals surface area contributed by atoms with Crippen molar-refractivity contribution in [1.82, 2.24) is 10.2 Å². The number of nitrogens with one attached hydrogen (secondary N) is 1. The Bertz CT molecular complexity index is 766. The number of nitrogens with zero attached hydrogens (tertiary/aromatic N) is 1. The number of hydrogen-bond donors (Lipinski definition) is 1. The summed E-state index contributed by atoms with van der Waals surface area (Å²) in [6.07, 6.45) is 0. The zero-order valence-corrected chi connectivity index (χ0v) is 13.2. The number of hydrogen-bond acceptors (Lipinski definition) is 3. The Morgan fingerprint density at radius 3 is 2.46 bits per heavy atom. The number of halogens is 1. The highest BCUT2D eigenvalue weighted by Crippen LogP contribution is 2.30. The van der Waals surface area contributed by atoms with Gasteiger partial charge >= 0.3 is 6.03 Å². The summed E-state index contributed by atoms with van der Waals surface area (Å²) in [5.74, 6) is -0.369. The second-order valence-corrected chi connectivity index (χ2v) is 5.65. The van der Waals surface area contributed by atoms with E-state index in [-0.39, 0.29) is 18.7 Å². The summed E-state index contributed by atoms with van der Waals surface area (Å²) in [7, 11) is 0. The van der Waals surface area contributed by atoms with Gasteiger partial charge in [0, 0.05) is 5.56 Å². The lowest BCUT2D eigenvalue weighted by atomic mass is 9.91. The Balaban J connectivity index is 1.71. The molecule has 0 aromatic heterocycles. The lowest BCUT2D eigenvalue weighted by Crippen LogP contribution is -2.42. The van der Waals surface area contributed by atoms with Gasteiger partial charge in [0.25, 0.3) is 5.91 Å². The van der Waals surface area contributed by atoms with E-state index in [2.05, 4.69) is 5.32 Å². The molecule has 124 valence electrons. The number of ether oxygens (including phenoxy) is 1. The van der Waals surface area contributed by atoms with Crippen LogP contribution < -0.4 is 10.1 Å².